The van der Waals surface area contributed by atoms with Crippen molar-refractivity contribution < 1.29 is 14.3 Å². The zero-order valence-electron chi connectivity index (χ0n) is 20.8. The number of urea groups is 1. The molecule has 7 heteroatoms. The first-order chi connectivity index (χ1) is 17.0. The second-order valence-electron chi connectivity index (χ2n) is 8.79. The van der Waals surface area contributed by atoms with E-state index in [9.17, 15) is 9.59 Å². The van der Waals surface area contributed by atoms with Gasteiger partial charge in [-0.2, -0.15) is 0 Å². The second-order valence-corrected chi connectivity index (χ2v) is 8.79. The lowest BCUT2D eigenvalue weighted by molar-refractivity contribution is 0.0664. The molecule has 0 spiro atoms. The van der Waals surface area contributed by atoms with Crippen LogP contribution in [-0.2, 0) is 0 Å². The van der Waals surface area contributed by atoms with Crippen LogP contribution < -0.4 is 10.1 Å². The smallest absolute Gasteiger partial charge is 0.317 e. The lowest BCUT2D eigenvalue weighted by Gasteiger charge is -2.34. The molecule has 3 aromatic rings. The van der Waals surface area contributed by atoms with Crippen LogP contribution in [0.25, 0.3) is 16.9 Å². The Balaban J connectivity index is 1.57. The van der Waals surface area contributed by atoms with Crippen molar-refractivity contribution in [2.45, 2.75) is 26.7 Å². The number of piperazine rings is 1. The van der Waals surface area contributed by atoms with Gasteiger partial charge in [0.05, 0.1) is 18.4 Å². The normalized spacial score (nSPS) is 13.6. The number of nitrogens with zero attached hydrogens (tertiary/aromatic N) is 3. The predicted octanol–water partition coefficient (Wildman–Crippen LogP) is 4.73. The SMILES string of the molecule is CCCCNC(=O)N1CCN(C(=O)c2cc(-c3ccc(OC)cc3)n(-c3ccccc3)c2C)CC1. The molecule has 7 nitrogen and oxygen atoms in total. The van der Waals surface area contributed by atoms with Crippen LogP contribution in [0.1, 0.15) is 35.8 Å². The highest BCUT2D eigenvalue weighted by Gasteiger charge is 2.28. The van der Waals surface area contributed by atoms with Gasteiger partial charge in [-0.1, -0.05) is 31.5 Å². The summed E-state index contributed by atoms with van der Waals surface area (Å²) in [5.74, 6) is 0.786. The van der Waals surface area contributed by atoms with E-state index < -0.39 is 0 Å². The third kappa shape index (κ3) is 5.34. The van der Waals surface area contributed by atoms with E-state index in [4.69, 9.17) is 4.74 Å². The number of aromatic nitrogens is 1. The Morgan fingerprint density at radius 2 is 1.60 bits per heavy atom. The number of benzene rings is 2. The number of carbonyl (C=O) groups excluding carboxylic acids is 2. The lowest BCUT2D eigenvalue weighted by atomic mass is 10.1. The Kier molecular flexibility index (Phi) is 7.75. The monoisotopic (exact) mass is 474 g/mol. The van der Waals surface area contributed by atoms with E-state index in [1.807, 2.05) is 72.5 Å². The van der Waals surface area contributed by atoms with Gasteiger partial charge in [0.1, 0.15) is 5.75 Å². The zero-order valence-corrected chi connectivity index (χ0v) is 20.8. The quantitative estimate of drug-likeness (QED) is 0.504. The Morgan fingerprint density at radius 1 is 0.943 bits per heavy atom. The maximum Gasteiger partial charge on any atom is 0.317 e. The van der Waals surface area contributed by atoms with Gasteiger partial charge in [-0.15, -0.1) is 0 Å². The molecule has 4 rings (SSSR count). The Bertz CT molecular complexity index is 1150. The average Bonchev–Trinajstić information content (AvgIpc) is 3.25. The van der Waals surface area contributed by atoms with Gasteiger partial charge >= 0.3 is 6.03 Å². The summed E-state index contributed by atoms with van der Waals surface area (Å²) >= 11 is 0. The van der Waals surface area contributed by atoms with Crippen molar-refractivity contribution in [3.05, 3.63) is 71.9 Å². The number of unbranched alkanes of at least 4 members (excludes halogenated alkanes) is 1. The fraction of sp³-hybridized carbons (Fsp3) is 0.357. The molecule has 1 N–H and O–H groups in total. The highest BCUT2D eigenvalue weighted by Crippen LogP contribution is 2.31. The molecular weight excluding hydrogens is 440 g/mol. The molecule has 1 aliphatic heterocycles. The van der Waals surface area contributed by atoms with Crippen LogP contribution >= 0.6 is 0 Å². The molecule has 35 heavy (non-hydrogen) atoms. The lowest BCUT2D eigenvalue weighted by Crippen LogP contribution is -2.53. The molecule has 184 valence electrons. The van der Waals surface area contributed by atoms with Crippen molar-refractivity contribution in [3.8, 4) is 22.7 Å². The van der Waals surface area contributed by atoms with E-state index in [2.05, 4.69) is 16.8 Å². The van der Waals surface area contributed by atoms with Crippen LogP contribution in [0, 0.1) is 6.92 Å². The molecule has 1 fully saturated rings. The molecule has 1 saturated heterocycles. The standard InChI is InChI=1S/C28H34N4O3/c1-4-5-15-29-28(34)31-18-16-30(17-19-31)27(33)25-20-26(22-11-13-24(35-3)14-12-22)32(21(25)2)23-9-7-6-8-10-23/h6-14,20H,4-5,15-19H2,1-3H3,(H,29,34). The van der Waals surface area contributed by atoms with Crippen LogP contribution in [0.2, 0.25) is 0 Å². The summed E-state index contributed by atoms with van der Waals surface area (Å²) in [7, 11) is 1.65. The largest absolute Gasteiger partial charge is 0.497 e. The molecule has 1 aromatic heterocycles. The molecule has 0 saturated carbocycles. The van der Waals surface area contributed by atoms with Crippen LogP contribution in [0.5, 0.6) is 5.75 Å². The van der Waals surface area contributed by atoms with E-state index in [0.717, 1.165) is 41.2 Å². The number of rotatable bonds is 7. The second kappa shape index (κ2) is 11.1. The summed E-state index contributed by atoms with van der Waals surface area (Å²) in [5.41, 5.74) is 4.54. The number of amides is 3. The van der Waals surface area contributed by atoms with Crippen molar-refractivity contribution >= 4 is 11.9 Å². The van der Waals surface area contributed by atoms with Gasteiger partial charge in [-0.3, -0.25) is 4.79 Å². The number of hydrogen-bond acceptors (Lipinski definition) is 3. The van der Waals surface area contributed by atoms with Gasteiger partial charge < -0.3 is 24.4 Å². The van der Waals surface area contributed by atoms with Gasteiger partial charge in [0.25, 0.3) is 5.91 Å². The fourth-order valence-electron chi connectivity index (χ4n) is 4.47. The summed E-state index contributed by atoms with van der Waals surface area (Å²) in [6, 6.07) is 19.9. The molecule has 2 aromatic carbocycles. The molecule has 0 unspecified atom stereocenters. The van der Waals surface area contributed by atoms with E-state index in [1.54, 1.807) is 12.0 Å². The topological polar surface area (TPSA) is 66.8 Å². The van der Waals surface area contributed by atoms with Crippen molar-refractivity contribution in [1.82, 2.24) is 19.7 Å². The Labute approximate surface area is 207 Å². The van der Waals surface area contributed by atoms with Crippen molar-refractivity contribution in [2.75, 3.05) is 39.8 Å². The van der Waals surface area contributed by atoms with E-state index in [-0.39, 0.29) is 11.9 Å². The molecule has 2 heterocycles. The Hall–Kier alpha value is -3.74. The Morgan fingerprint density at radius 3 is 2.23 bits per heavy atom. The number of hydrogen-bond donors (Lipinski definition) is 1. The number of methoxy groups -OCH3 is 1. The highest BCUT2D eigenvalue weighted by molar-refractivity contribution is 5.97. The minimum atomic E-state index is -0.0428. The van der Waals surface area contributed by atoms with Crippen LogP contribution in [0.4, 0.5) is 4.79 Å². The first-order valence-electron chi connectivity index (χ1n) is 12.3. The molecule has 0 aliphatic carbocycles. The van der Waals surface area contributed by atoms with Crippen molar-refractivity contribution in [1.29, 1.82) is 0 Å². The maximum atomic E-state index is 13.6. The minimum absolute atomic E-state index is 0.00187. The molecule has 0 radical (unpaired) electrons. The first kappa shape index (κ1) is 24.4. The first-order valence-corrected chi connectivity index (χ1v) is 12.3. The number of nitrogens with one attached hydrogen (secondary N) is 1. The van der Waals surface area contributed by atoms with Crippen LogP contribution in [0.15, 0.2) is 60.7 Å². The van der Waals surface area contributed by atoms with E-state index >= 15 is 0 Å². The van der Waals surface area contributed by atoms with Crippen molar-refractivity contribution in [3.63, 3.8) is 0 Å². The van der Waals surface area contributed by atoms with Gasteiger partial charge in [-0.25, -0.2) is 4.79 Å². The van der Waals surface area contributed by atoms with Crippen LogP contribution in [-0.4, -0.2) is 66.1 Å². The third-order valence-corrected chi connectivity index (χ3v) is 6.54. The van der Waals surface area contributed by atoms with Gasteiger partial charge in [0.15, 0.2) is 0 Å². The van der Waals surface area contributed by atoms with Gasteiger partial charge in [-0.05, 0) is 61.4 Å². The molecule has 1 aliphatic rings. The van der Waals surface area contributed by atoms with Gasteiger partial charge in [0.2, 0.25) is 0 Å². The molecule has 0 bridgehead atoms. The number of ether oxygens (including phenoxy) is 1. The number of para-hydroxylation sites is 1. The maximum absolute atomic E-state index is 13.6. The number of carbonyl (C=O) groups is 2. The molecular formula is C28H34N4O3. The predicted molar refractivity (Wildman–Crippen MR) is 138 cm³/mol. The van der Waals surface area contributed by atoms with Crippen LogP contribution in [0.3, 0.4) is 0 Å². The summed E-state index contributed by atoms with van der Waals surface area (Å²) in [4.78, 5) is 29.6. The fourth-order valence-corrected chi connectivity index (χ4v) is 4.47. The third-order valence-electron chi connectivity index (χ3n) is 6.54. The minimum Gasteiger partial charge on any atom is -0.497 e. The molecule has 0 atom stereocenters. The zero-order chi connectivity index (χ0) is 24.8. The summed E-state index contributed by atoms with van der Waals surface area (Å²) in [6.07, 6.45) is 2.02. The highest BCUT2D eigenvalue weighted by atomic mass is 16.5. The van der Waals surface area contributed by atoms with E-state index in [0.29, 0.717) is 38.3 Å². The van der Waals surface area contributed by atoms with Crippen molar-refractivity contribution in [2.24, 2.45) is 0 Å². The summed E-state index contributed by atoms with van der Waals surface area (Å²) in [5, 5.41) is 2.96. The summed E-state index contributed by atoms with van der Waals surface area (Å²) in [6.45, 7) is 6.89. The molecule has 3 amide bonds. The van der Waals surface area contributed by atoms with Gasteiger partial charge in [0, 0.05) is 44.1 Å². The summed E-state index contributed by atoms with van der Waals surface area (Å²) < 4.78 is 7.45. The average molecular weight is 475 g/mol. The van der Waals surface area contributed by atoms with E-state index in [1.165, 1.54) is 0 Å².